The molecule has 2 aromatic carbocycles. The molecular formula is C28H39NO2Si. The minimum absolute atomic E-state index is 0.00241. The Morgan fingerprint density at radius 3 is 2.09 bits per heavy atom. The SMILES string of the molecule is CC(=O)CCCCCC1=N[C@H](CO[Si](c2ccccc2)(c2ccccc2)C(C)(C)C)CC1. The molecule has 4 heteroatoms. The maximum absolute atomic E-state index is 11.1. The van der Waals surface area contributed by atoms with Gasteiger partial charge >= 0.3 is 0 Å². The second-order valence-corrected chi connectivity index (χ2v) is 14.4. The molecule has 1 aliphatic heterocycles. The first-order valence-electron chi connectivity index (χ1n) is 12.1. The Morgan fingerprint density at radius 1 is 0.969 bits per heavy atom. The molecule has 0 saturated carbocycles. The monoisotopic (exact) mass is 449 g/mol. The lowest BCUT2D eigenvalue weighted by molar-refractivity contribution is -0.117. The van der Waals surface area contributed by atoms with Crippen LogP contribution in [0.3, 0.4) is 0 Å². The fourth-order valence-corrected chi connectivity index (χ4v) is 9.49. The Balaban J connectivity index is 1.73. The molecule has 32 heavy (non-hydrogen) atoms. The van der Waals surface area contributed by atoms with Crippen LogP contribution in [0.25, 0.3) is 0 Å². The van der Waals surface area contributed by atoms with E-state index in [4.69, 9.17) is 9.42 Å². The molecule has 0 spiro atoms. The van der Waals surface area contributed by atoms with Gasteiger partial charge in [-0.15, -0.1) is 0 Å². The molecule has 3 nitrogen and oxygen atoms in total. The molecule has 1 heterocycles. The first-order chi connectivity index (χ1) is 15.3. The molecule has 0 radical (unpaired) electrons. The smallest absolute Gasteiger partial charge is 0.261 e. The van der Waals surface area contributed by atoms with Crippen LogP contribution < -0.4 is 10.4 Å². The van der Waals surface area contributed by atoms with Gasteiger partial charge in [0.05, 0.1) is 12.6 Å². The number of nitrogens with zero attached hydrogens (tertiary/aromatic N) is 1. The maximum Gasteiger partial charge on any atom is 0.261 e. The van der Waals surface area contributed by atoms with Gasteiger partial charge in [-0.3, -0.25) is 4.99 Å². The van der Waals surface area contributed by atoms with Gasteiger partial charge in [-0.25, -0.2) is 0 Å². The Kier molecular flexibility index (Phi) is 8.61. The Hall–Kier alpha value is -2.04. The third-order valence-corrected chi connectivity index (χ3v) is 11.5. The summed E-state index contributed by atoms with van der Waals surface area (Å²) in [5.74, 6) is 0.295. The normalized spacial score (nSPS) is 16.8. The summed E-state index contributed by atoms with van der Waals surface area (Å²) in [6.07, 6.45) is 7.19. The van der Waals surface area contributed by atoms with E-state index in [0.717, 1.165) is 38.5 Å². The lowest BCUT2D eigenvalue weighted by atomic mass is 10.1. The lowest BCUT2D eigenvalue weighted by Gasteiger charge is -2.43. The van der Waals surface area contributed by atoms with Crippen molar-refractivity contribution >= 4 is 30.2 Å². The number of carbonyl (C=O) groups excluding carboxylic acids is 1. The number of benzene rings is 2. The molecule has 0 aromatic heterocycles. The third kappa shape index (κ3) is 6.05. The zero-order valence-corrected chi connectivity index (χ0v) is 21.3. The number of aliphatic imine (C=N–C) groups is 1. The van der Waals surface area contributed by atoms with Gasteiger partial charge in [0.1, 0.15) is 5.78 Å². The standard InChI is InChI=1S/C28H39NO2Si/c1-23(30)14-8-5-9-15-24-20-21-25(29-24)22-31-32(28(2,3)4,26-16-10-6-11-17-26)27-18-12-7-13-19-27/h6-7,10-13,16-19,25H,5,8-9,14-15,20-22H2,1-4H3/t25-/m0/s1. The summed E-state index contributed by atoms with van der Waals surface area (Å²) in [6, 6.07) is 21.9. The minimum Gasteiger partial charge on any atom is -0.405 e. The summed E-state index contributed by atoms with van der Waals surface area (Å²) < 4.78 is 7.06. The molecule has 1 aliphatic rings. The highest BCUT2D eigenvalue weighted by atomic mass is 28.4. The molecule has 0 amide bonds. The van der Waals surface area contributed by atoms with Gasteiger partial charge in [0.15, 0.2) is 0 Å². The average molecular weight is 450 g/mol. The van der Waals surface area contributed by atoms with Crippen LogP contribution in [0.15, 0.2) is 65.7 Å². The highest BCUT2D eigenvalue weighted by Crippen LogP contribution is 2.37. The van der Waals surface area contributed by atoms with E-state index < -0.39 is 8.32 Å². The van der Waals surface area contributed by atoms with Gasteiger partial charge in [-0.2, -0.15) is 0 Å². The highest BCUT2D eigenvalue weighted by molar-refractivity contribution is 6.99. The van der Waals surface area contributed by atoms with E-state index >= 15 is 0 Å². The van der Waals surface area contributed by atoms with Crippen molar-refractivity contribution in [2.75, 3.05) is 6.61 Å². The minimum atomic E-state index is -2.49. The van der Waals surface area contributed by atoms with Crippen LogP contribution in [0.2, 0.25) is 5.04 Å². The number of hydrogen-bond donors (Lipinski definition) is 0. The van der Waals surface area contributed by atoms with Crippen molar-refractivity contribution < 1.29 is 9.22 Å². The molecule has 3 rings (SSSR count). The van der Waals surface area contributed by atoms with E-state index in [9.17, 15) is 4.79 Å². The van der Waals surface area contributed by atoms with Gasteiger partial charge in [0.2, 0.25) is 0 Å². The topological polar surface area (TPSA) is 38.7 Å². The highest BCUT2D eigenvalue weighted by Gasteiger charge is 2.50. The number of carbonyl (C=O) groups is 1. The van der Waals surface area contributed by atoms with Crippen molar-refractivity contribution in [3.05, 3.63) is 60.7 Å². The van der Waals surface area contributed by atoms with Gasteiger partial charge in [-0.05, 0) is 54.4 Å². The largest absolute Gasteiger partial charge is 0.405 e. The Morgan fingerprint density at radius 2 is 1.56 bits per heavy atom. The number of rotatable bonds is 11. The van der Waals surface area contributed by atoms with Crippen LogP contribution in [0.4, 0.5) is 0 Å². The second kappa shape index (κ2) is 11.2. The van der Waals surface area contributed by atoms with Crippen molar-refractivity contribution in [3.63, 3.8) is 0 Å². The van der Waals surface area contributed by atoms with Crippen LogP contribution in [0.5, 0.6) is 0 Å². The van der Waals surface area contributed by atoms with Crippen molar-refractivity contribution in [3.8, 4) is 0 Å². The van der Waals surface area contributed by atoms with Gasteiger partial charge < -0.3 is 9.22 Å². The quantitative estimate of drug-likeness (QED) is 0.326. The van der Waals surface area contributed by atoms with Crippen molar-refractivity contribution in [1.29, 1.82) is 0 Å². The van der Waals surface area contributed by atoms with Crippen LogP contribution in [-0.4, -0.2) is 32.5 Å². The van der Waals surface area contributed by atoms with Crippen molar-refractivity contribution in [2.24, 2.45) is 4.99 Å². The van der Waals surface area contributed by atoms with Gasteiger partial charge in [0, 0.05) is 12.1 Å². The zero-order valence-electron chi connectivity index (χ0n) is 20.3. The molecule has 172 valence electrons. The number of hydrogen-bond acceptors (Lipinski definition) is 3. The summed E-state index contributed by atoms with van der Waals surface area (Å²) >= 11 is 0. The summed E-state index contributed by atoms with van der Waals surface area (Å²) in [4.78, 5) is 16.1. The summed E-state index contributed by atoms with van der Waals surface area (Å²) in [5, 5.41) is 2.65. The zero-order chi connectivity index (χ0) is 23.0. The van der Waals surface area contributed by atoms with E-state index in [-0.39, 0.29) is 11.1 Å². The second-order valence-electron chi connectivity index (χ2n) is 10.1. The predicted octanol–water partition coefficient (Wildman–Crippen LogP) is 5.71. The predicted molar refractivity (Wildman–Crippen MR) is 138 cm³/mol. The molecule has 0 bridgehead atoms. The molecule has 0 unspecified atom stereocenters. The van der Waals surface area contributed by atoms with Crippen molar-refractivity contribution in [1.82, 2.24) is 0 Å². The van der Waals surface area contributed by atoms with Crippen molar-refractivity contribution in [2.45, 2.75) is 83.7 Å². The molecule has 0 fully saturated rings. The first-order valence-corrected chi connectivity index (χ1v) is 14.0. The fraction of sp³-hybridized carbons (Fsp3) is 0.500. The summed E-state index contributed by atoms with van der Waals surface area (Å²) in [5.41, 5.74) is 1.34. The average Bonchev–Trinajstić information content (AvgIpc) is 3.22. The van der Waals surface area contributed by atoms with E-state index in [0.29, 0.717) is 18.8 Å². The number of Topliss-reactive ketones (excluding diaryl/α,β-unsaturated/α-hetero) is 1. The first kappa shape index (κ1) is 24.6. The van der Waals surface area contributed by atoms with Crippen LogP contribution in [0, 0.1) is 0 Å². The summed E-state index contributed by atoms with van der Waals surface area (Å²) in [7, 11) is -2.49. The number of unbranched alkanes of at least 4 members (excludes halogenated alkanes) is 2. The van der Waals surface area contributed by atoms with Crippen LogP contribution >= 0.6 is 0 Å². The van der Waals surface area contributed by atoms with Gasteiger partial charge in [-0.1, -0.05) is 87.9 Å². The van der Waals surface area contributed by atoms with Crippen LogP contribution in [0.1, 0.15) is 72.6 Å². The van der Waals surface area contributed by atoms with E-state index in [1.807, 2.05) is 0 Å². The molecule has 0 saturated heterocycles. The summed E-state index contributed by atoms with van der Waals surface area (Å²) in [6.45, 7) is 9.33. The van der Waals surface area contributed by atoms with E-state index in [2.05, 4.69) is 81.4 Å². The van der Waals surface area contributed by atoms with E-state index in [1.54, 1.807) is 6.92 Å². The Bertz CT molecular complexity index is 847. The van der Waals surface area contributed by atoms with Crippen LogP contribution in [-0.2, 0) is 9.22 Å². The van der Waals surface area contributed by atoms with Gasteiger partial charge in [0.25, 0.3) is 8.32 Å². The maximum atomic E-state index is 11.1. The third-order valence-electron chi connectivity index (χ3n) is 6.53. The lowest BCUT2D eigenvalue weighted by Crippen LogP contribution is -2.67. The van der Waals surface area contributed by atoms with E-state index in [1.165, 1.54) is 16.1 Å². The number of ketones is 1. The molecule has 2 aromatic rings. The molecule has 0 N–H and O–H groups in total. The fourth-order valence-electron chi connectivity index (χ4n) is 4.89. The molecule has 0 aliphatic carbocycles. The molecular weight excluding hydrogens is 410 g/mol. The molecule has 1 atom stereocenters. The Labute approximate surface area is 195 Å².